The fourth-order valence-corrected chi connectivity index (χ4v) is 2.73. The van der Waals surface area contributed by atoms with Crippen LogP contribution in [0.2, 0.25) is 0 Å². The molecule has 5 heteroatoms. The predicted octanol–water partition coefficient (Wildman–Crippen LogP) is 1.92. The number of aliphatic carboxylic acids is 1. The van der Waals surface area contributed by atoms with Gasteiger partial charge in [-0.1, -0.05) is 12.8 Å². The summed E-state index contributed by atoms with van der Waals surface area (Å²) in [5.41, 5.74) is 0. The number of urea groups is 1. The lowest BCUT2D eigenvalue weighted by atomic mass is 9.92. The summed E-state index contributed by atoms with van der Waals surface area (Å²) in [4.78, 5) is 27.0. The first-order chi connectivity index (χ1) is 8.61. The predicted molar refractivity (Wildman–Crippen MR) is 67.4 cm³/mol. The van der Waals surface area contributed by atoms with Gasteiger partial charge in [0.1, 0.15) is 6.04 Å². The molecule has 1 unspecified atom stereocenters. The molecule has 18 heavy (non-hydrogen) atoms. The summed E-state index contributed by atoms with van der Waals surface area (Å²) in [6.45, 7) is 0.576. The third-order valence-corrected chi connectivity index (χ3v) is 4.21. The zero-order valence-electron chi connectivity index (χ0n) is 11.0. The lowest BCUT2D eigenvalue weighted by molar-refractivity contribution is -0.142. The van der Waals surface area contributed by atoms with Crippen molar-refractivity contribution in [3.05, 3.63) is 0 Å². The number of hydrogen-bond acceptors (Lipinski definition) is 2. The van der Waals surface area contributed by atoms with Crippen LogP contribution in [0.5, 0.6) is 0 Å². The van der Waals surface area contributed by atoms with E-state index in [0.717, 1.165) is 32.1 Å². The molecule has 1 saturated heterocycles. The molecule has 1 heterocycles. The van der Waals surface area contributed by atoms with Crippen molar-refractivity contribution < 1.29 is 14.7 Å². The summed E-state index contributed by atoms with van der Waals surface area (Å²) in [5, 5.41) is 9.26. The highest BCUT2D eigenvalue weighted by molar-refractivity contribution is 5.82. The maximum Gasteiger partial charge on any atom is 0.326 e. The number of likely N-dealkylation sites (tertiary alicyclic amines) is 1. The fraction of sp³-hybridized carbons (Fsp3) is 0.846. The van der Waals surface area contributed by atoms with E-state index >= 15 is 0 Å². The van der Waals surface area contributed by atoms with E-state index < -0.39 is 12.0 Å². The Labute approximate surface area is 108 Å². The number of carbonyl (C=O) groups is 2. The van der Waals surface area contributed by atoms with Crippen LogP contribution in [0.4, 0.5) is 4.79 Å². The van der Waals surface area contributed by atoms with Crippen LogP contribution in [0.15, 0.2) is 0 Å². The number of carbonyl (C=O) groups excluding carboxylic acids is 1. The van der Waals surface area contributed by atoms with Crippen LogP contribution < -0.4 is 0 Å². The van der Waals surface area contributed by atoms with Crippen molar-refractivity contribution in [1.29, 1.82) is 0 Å². The normalized spacial score (nSPS) is 25.2. The molecule has 2 amide bonds. The third kappa shape index (κ3) is 2.60. The molecule has 102 valence electrons. The number of amides is 2. The number of carboxylic acid groups (broad SMARTS) is 1. The molecule has 0 bridgehead atoms. The second-order valence-corrected chi connectivity index (χ2v) is 5.37. The Morgan fingerprint density at radius 1 is 1.11 bits per heavy atom. The van der Waals surface area contributed by atoms with E-state index in [-0.39, 0.29) is 6.03 Å². The average molecular weight is 254 g/mol. The Hall–Kier alpha value is -1.26. The highest BCUT2D eigenvalue weighted by Gasteiger charge is 2.35. The first-order valence-corrected chi connectivity index (χ1v) is 6.87. The van der Waals surface area contributed by atoms with Crippen molar-refractivity contribution >= 4 is 12.0 Å². The summed E-state index contributed by atoms with van der Waals surface area (Å²) < 4.78 is 0. The van der Waals surface area contributed by atoms with Crippen LogP contribution in [-0.2, 0) is 4.79 Å². The number of nitrogens with zero attached hydrogens (tertiary/aromatic N) is 2. The molecular weight excluding hydrogens is 232 g/mol. The molecule has 1 aliphatic carbocycles. The van der Waals surface area contributed by atoms with E-state index in [2.05, 4.69) is 0 Å². The smallest absolute Gasteiger partial charge is 0.326 e. The van der Waals surface area contributed by atoms with Gasteiger partial charge < -0.3 is 14.9 Å². The van der Waals surface area contributed by atoms with E-state index in [4.69, 9.17) is 0 Å². The highest BCUT2D eigenvalue weighted by atomic mass is 16.4. The van der Waals surface area contributed by atoms with Crippen LogP contribution in [0.3, 0.4) is 0 Å². The number of carboxylic acids is 1. The van der Waals surface area contributed by atoms with Gasteiger partial charge in [-0.05, 0) is 32.1 Å². The van der Waals surface area contributed by atoms with Gasteiger partial charge in [0, 0.05) is 19.6 Å². The van der Waals surface area contributed by atoms with Crippen molar-refractivity contribution in [3.63, 3.8) is 0 Å². The van der Waals surface area contributed by atoms with Crippen LogP contribution in [0, 0.1) is 0 Å². The van der Waals surface area contributed by atoms with Gasteiger partial charge in [0.25, 0.3) is 0 Å². The first-order valence-electron chi connectivity index (χ1n) is 6.87. The largest absolute Gasteiger partial charge is 0.480 e. The molecule has 0 aromatic heterocycles. The number of rotatable bonds is 2. The van der Waals surface area contributed by atoms with Crippen molar-refractivity contribution in [2.75, 3.05) is 13.6 Å². The minimum atomic E-state index is -0.868. The van der Waals surface area contributed by atoms with Crippen LogP contribution in [0.1, 0.15) is 44.9 Å². The molecule has 0 aromatic rings. The lowest BCUT2D eigenvalue weighted by Gasteiger charge is -2.39. The van der Waals surface area contributed by atoms with Crippen LogP contribution >= 0.6 is 0 Å². The van der Waals surface area contributed by atoms with Crippen molar-refractivity contribution in [2.24, 2.45) is 0 Å². The minimum Gasteiger partial charge on any atom is -0.480 e. The topological polar surface area (TPSA) is 60.9 Å². The summed E-state index contributed by atoms with van der Waals surface area (Å²) in [5.74, 6) is -0.868. The standard InChI is InChI=1S/C13H22N2O3/c1-14(10-6-5-7-10)13(18)15-9-4-2-3-8-11(15)12(16)17/h10-11H,2-9H2,1H3,(H,16,17). The van der Waals surface area contributed by atoms with Gasteiger partial charge in [-0.2, -0.15) is 0 Å². The van der Waals surface area contributed by atoms with Gasteiger partial charge in [0.2, 0.25) is 0 Å². The lowest BCUT2D eigenvalue weighted by Crippen LogP contribution is -2.53. The van der Waals surface area contributed by atoms with Gasteiger partial charge in [0.05, 0.1) is 0 Å². The summed E-state index contributed by atoms with van der Waals surface area (Å²) in [6.07, 6.45) is 6.68. The molecule has 1 aliphatic heterocycles. The maximum absolute atomic E-state index is 12.4. The average Bonchev–Trinajstić information content (AvgIpc) is 2.50. The van der Waals surface area contributed by atoms with Gasteiger partial charge in [-0.25, -0.2) is 9.59 Å². The highest BCUT2D eigenvalue weighted by Crippen LogP contribution is 2.26. The second-order valence-electron chi connectivity index (χ2n) is 5.37. The molecule has 2 rings (SSSR count). The van der Waals surface area contributed by atoms with Crippen molar-refractivity contribution in [2.45, 2.75) is 57.0 Å². The molecule has 1 N–H and O–H groups in total. The Bertz CT molecular complexity index is 328. The van der Waals surface area contributed by atoms with Crippen molar-refractivity contribution in [3.8, 4) is 0 Å². The van der Waals surface area contributed by atoms with Crippen LogP contribution in [0.25, 0.3) is 0 Å². The van der Waals surface area contributed by atoms with Gasteiger partial charge in [-0.15, -0.1) is 0 Å². The Morgan fingerprint density at radius 3 is 2.39 bits per heavy atom. The molecule has 0 radical (unpaired) electrons. The van der Waals surface area contributed by atoms with Crippen LogP contribution in [-0.4, -0.2) is 52.6 Å². The third-order valence-electron chi connectivity index (χ3n) is 4.21. The zero-order valence-corrected chi connectivity index (χ0v) is 11.0. The number of hydrogen-bond donors (Lipinski definition) is 1. The van der Waals surface area contributed by atoms with E-state index in [9.17, 15) is 14.7 Å². The van der Waals surface area contributed by atoms with E-state index in [1.165, 1.54) is 6.42 Å². The summed E-state index contributed by atoms with van der Waals surface area (Å²) >= 11 is 0. The Morgan fingerprint density at radius 2 is 1.83 bits per heavy atom. The maximum atomic E-state index is 12.4. The molecule has 0 spiro atoms. The van der Waals surface area contributed by atoms with E-state index in [1.807, 2.05) is 0 Å². The molecule has 5 nitrogen and oxygen atoms in total. The SMILES string of the molecule is CN(C(=O)N1CCCCCC1C(=O)O)C1CCC1. The molecule has 0 aromatic carbocycles. The summed E-state index contributed by atoms with van der Waals surface area (Å²) in [6, 6.07) is -0.424. The Balaban J connectivity index is 2.06. The molecular formula is C13H22N2O3. The van der Waals surface area contributed by atoms with Gasteiger partial charge in [0.15, 0.2) is 0 Å². The molecule has 1 atom stereocenters. The monoisotopic (exact) mass is 254 g/mol. The van der Waals surface area contributed by atoms with E-state index in [1.54, 1.807) is 16.8 Å². The quantitative estimate of drug-likeness (QED) is 0.819. The van der Waals surface area contributed by atoms with Gasteiger partial charge >= 0.3 is 12.0 Å². The Kier molecular flexibility index (Phi) is 4.09. The molecule has 2 fully saturated rings. The fourth-order valence-electron chi connectivity index (χ4n) is 2.73. The van der Waals surface area contributed by atoms with Crippen molar-refractivity contribution in [1.82, 2.24) is 9.80 Å². The van der Waals surface area contributed by atoms with E-state index in [0.29, 0.717) is 19.0 Å². The second kappa shape index (κ2) is 5.59. The summed E-state index contributed by atoms with van der Waals surface area (Å²) in [7, 11) is 1.80. The molecule has 2 aliphatic rings. The first kappa shape index (κ1) is 13.2. The molecule has 1 saturated carbocycles. The van der Waals surface area contributed by atoms with Gasteiger partial charge in [-0.3, -0.25) is 0 Å². The minimum absolute atomic E-state index is 0.103. The zero-order chi connectivity index (χ0) is 13.1.